The van der Waals surface area contributed by atoms with E-state index in [-0.39, 0.29) is 0 Å². The Bertz CT molecular complexity index is 382. The average Bonchev–Trinajstić information content (AvgIpc) is 3.30. The number of methoxy groups -OCH3 is 2. The minimum absolute atomic E-state index is 0.816. The molecule has 0 heterocycles. The lowest BCUT2D eigenvalue weighted by Gasteiger charge is -2.09. The topological polar surface area (TPSA) is 39.7 Å². The van der Waals surface area contributed by atoms with Gasteiger partial charge in [0, 0.05) is 25.8 Å². The van der Waals surface area contributed by atoms with Crippen molar-refractivity contribution < 1.29 is 14.2 Å². The van der Waals surface area contributed by atoms with Gasteiger partial charge < -0.3 is 19.5 Å². The van der Waals surface area contributed by atoms with Crippen LogP contribution in [-0.2, 0) is 11.3 Å². The van der Waals surface area contributed by atoms with Gasteiger partial charge in [-0.1, -0.05) is 0 Å². The van der Waals surface area contributed by atoms with Crippen molar-refractivity contribution in [3.05, 3.63) is 23.8 Å². The monoisotopic (exact) mass is 279 g/mol. The van der Waals surface area contributed by atoms with E-state index in [0.717, 1.165) is 50.1 Å². The highest BCUT2D eigenvalue weighted by molar-refractivity contribution is 5.38. The van der Waals surface area contributed by atoms with Crippen molar-refractivity contribution in [3.8, 4) is 11.5 Å². The highest BCUT2D eigenvalue weighted by Gasteiger charge is 2.20. The van der Waals surface area contributed by atoms with Crippen molar-refractivity contribution in [2.75, 3.05) is 34.0 Å². The Morgan fingerprint density at radius 1 is 1.10 bits per heavy atom. The summed E-state index contributed by atoms with van der Waals surface area (Å²) < 4.78 is 16.1. The van der Waals surface area contributed by atoms with Crippen molar-refractivity contribution in [3.63, 3.8) is 0 Å². The highest BCUT2D eigenvalue weighted by atomic mass is 16.5. The lowest BCUT2D eigenvalue weighted by molar-refractivity contribution is 0.122. The Morgan fingerprint density at radius 2 is 1.80 bits per heavy atom. The predicted octanol–water partition coefficient (Wildman–Crippen LogP) is 2.61. The van der Waals surface area contributed by atoms with Crippen molar-refractivity contribution in [2.24, 2.45) is 5.92 Å². The number of hydrogen-bond acceptors (Lipinski definition) is 4. The smallest absolute Gasteiger partial charge is 0.122 e. The molecule has 1 aromatic carbocycles. The summed E-state index contributed by atoms with van der Waals surface area (Å²) in [5.41, 5.74) is 1.17. The summed E-state index contributed by atoms with van der Waals surface area (Å²) in [5.74, 6) is 2.51. The normalized spacial score (nSPS) is 14.3. The molecule has 0 atom stereocenters. The SMILES string of the molecule is COc1cc(CNCCCOCC2CC2)cc(OC)c1. The largest absolute Gasteiger partial charge is 0.497 e. The van der Waals surface area contributed by atoms with Gasteiger partial charge in [0.15, 0.2) is 0 Å². The Balaban J connectivity index is 1.62. The van der Waals surface area contributed by atoms with Crippen LogP contribution in [0, 0.1) is 5.92 Å². The maximum atomic E-state index is 5.60. The van der Waals surface area contributed by atoms with Crippen molar-refractivity contribution in [2.45, 2.75) is 25.8 Å². The van der Waals surface area contributed by atoms with Gasteiger partial charge in [0.25, 0.3) is 0 Å². The lowest BCUT2D eigenvalue weighted by Crippen LogP contribution is -2.16. The van der Waals surface area contributed by atoms with Crippen LogP contribution in [0.25, 0.3) is 0 Å². The molecule has 0 unspecified atom stereocenters. The van der Waals surface area contributed by atoms with E-state index in [1.807, 2.05) is 18.2 Å². The molecule has 0 radical (unpaired) electrons. The van der Waals surface area contributed by atoms with Gasteiger partial charge >= 0.3 is 0 Å². The summed E-state index contributed by atoms with van der Waals surface area (Å²) in [6.07, 6.45) is 3.76. The molecule has 2 rings (SSSR count). The van der Waals surface area contributed by atoms with Gasteiger partial charge in [-0.2, -0.15) is 0 Å². The Labute approximate surface area is 121 Å². The molecule has 0 amide bonds. The molecule has 1 aliphatic rings. The van der Waals surface area contributed by atoms with Crippen LogP contribution < -0.4 is 14.8 Å². The van der Waals surface area contributed by atoms with E-state index in [9.17, 15) is 0 Å². The third kappa shape index (κ3) is 5.39. The van der Waals surface area contributed by atoms with E-state index in [1.165, 1.54) is 18.4 Å². The van der Waals surface area contributed by atoms with Crippen molar-refractivity contribution in [1.29, 1.82) is 0 Å². The summed E-state index contributed by atoms with van der Waals surface area (Å²) in [6, 6.07) is 5.94. The molecular formula is C16H25NO3. The first kappa shape index (κ1) is 15.1. The number of rotatable bonds is 10. The van der Waals surface area contributed by atoms with E-state index in [1.54, 1.807) is 14.2 Å². The molecule has 1 aliphatic carbocycles. The summed E-state index contributed by atoms with van der Waals surface area (Å²) in [4.78, 5) is 0. The first-order valence-electron chi connectivity index (χ1n) is 7.32. The Kier molecular flexibility index (Phi) is 6.15. The maximum absolute atomic E-state index is 5.60. The van der Waals surface area contributed by atoms with E-state index < -0.39 is 0 Å². The zero-order chi connectivity index (χ0) is 14.2. The quantitative estimate of drug-likeness (QED) is 0.668. The fraction of sp³-hybridized carbons (Fsp3) is 0.625. The van der Waals surface area contributed by atoms with Gasteiger partial charge in [-0.25, -0.2) is 0 Å². The third-order valence-corrected chi connectivity index (χ3v) is 3.43. The molecule has 0 aliphatic heterocycles. The summed E-state index contributed by atoms with van der Waals surface area (Å²) in [6.45, 7) is 3.58. The van der Waals surface area contributed by atoms with Crippen LogP contribution in [0.15, 0.2) is 18.2 Å². The van der Waals surface area contributed by atoms with Crippen LogP contribution in [0.1, 0.15) is 24.8 Å². The molecule has 1 saturated carbocycles. The number of hydrogen-bond donors (Lipinski definition) is 1. The van der Waals surface area contributed by atoms with Crippen LogP contribution >= 0.6 is 0 Å². The zero-order valence-corrected chi connectivity index (χ0v) is 12.5. The Hall–Kier alpha value is -1.26. The second kappa shape index (κ2) is 8.12. The molecule has 4 nitrogen and oxygen atoms in total. The van der Waals surface area contributed by atoms with Gasteiger partial charge in [0.2, 0.25) is 0 Å². The number of nitrogens with one attached hydrogen (secondary N) is 1. The molecule has 20 heavy (non-hydrogen) atoms. The lowest BCUT2D eigenvalue weighted by atomic mass is 10.2. The summed E-state index contributed by atoms with van der Waals surface area (Å²) >= 11 is 0. The minimum Gasteiger partial charge on any atom is -0.497 e. The second-order valence-corrected chi connectivity index (χ2v) is 5.27. The molecule has 0 bridgehead atoms. The van der Waals surface area contributed by atoms with E-state index in [4.69, 9.17) is 14.2 Å². The van der Waals surface area contributed by atoms with Crippen LogP contribution in [-0.4, -0.2) is 34.0 Å². The average molecular weight is 279 g/mol. The molecule has 0 aromatic heterocycles. The van der Waals surface area contributed by atoms with E-state index >= 15 is 0 Å². The second-order valence-electron chi connectivity index (χ2n) is 5.27. The first-order chi connectivity index (χ1) is 9.81. The van der Waals surface area contributed by atoms with Crippen molar-refractivity contribution >= 4 is 0 Å². The molecule has 1 N–H and O–H groups in total. The highest BCUT2D eigenvalue weighted by Crippen LogP contribution is 2.28. The molecule has 4 heteroatoms. The first-order valence-corrected chi connectivity index (χ1v) is 7.32. The van der Waals surface area contributed by atoms with Crippen LogP contribution in [0.2, 0.25) is 0 Å². The van der Waals surface area contributed by atoms with E-state index in [2.05, 4.69) is 5.32 Å². The fourth-order valence-electron chi connectivity index (χ4n) is 2.03. The Morgan fingerprint density at radius 3 is 2.40 bits per heavy atom. The molecule has 112 valence electrons. The predicted molar refractivity (Wildman–Crippen MR) is 79.4 cm³/mol. The van der Waals surface area contributed by atoms with Gasteiger partial charge in [-0.15, -0.1) is 0 Å². The molecular weight excluding hydrogens is 254 g/mol. The van der Waals surface area contributed by atoms with Crippen LogP contribution in [0.4, 0.5) is 0 Å². The van der Waals surface area contributed by atoms with Crippen molar-refractivity contribution in [1.82, 2.24) is 5.32 Å². The summed E-state index contributed by atoms with van der Waals surface area (Å²) in [5, 5.41) is 3.42. The van der Waals surface area contributed by atoms with Gasteiger partial charge in [-0.05, 0) is 49.4 Å². The number of ether oxygens (including phenoxy) is 3. The molecule has 0 spiro atoms. The minimum atomic E-state index is 0.816. The standard InChI is InChI=1S/C16H25NO3/c1-18-15-8-14(9-16(10-15)19-2)11-17-6-3-7-20-12-13-4-5-13/h8-10,13,17H,3-7,11-12H2,1-2H3. The van der Waals surface area contributed by atoms with E-state index in [0.29, 0.717) is 0 Å². The third-order valence-electron chi connectivity index (χ3n) is 3.43. The van der Waals surface area contributed by atoms with Crippen LogP contribution in [0.3, 0.4) is 0 Å². The molecule has 1 aromatic rings. The fourth-order valence-corrected chi connectivity index (χ4v) is 2.03. The molecule has 1 fully saturated rings. The number of benzene rings is 1. The van der Waals surface area contributed by atoms with Gasteiger partial charge in [0.1, 0.15) is 11.5 Å². The van der Waals surface area contributed by atoms with Crippen LogP contribution in [0.5, 0.6) is 11.5 Å². The molecule has 0 saturated heterocycles. The van der Waals surface area contributed by atoms with Gasteiger partial charge in [-0.3, -0.25) is 0 Å². The van der Waals surface area contributed by atoms with Gasteiger partial charge in [0.05, 0.1) is 14.2 Å². The summed E-state index contributed by atoms with van der Waals surface area (Å²) in [7, 11) is 3.34. The maximum Gasteiger partial charge on any atom is 0.122 e. The zero-order valence-electron chi connectivity index (χ0n) is 12.5.